The number of carbonyl (C=O) groups is 2. The van der Waals surface area contributed by atoms with Crippen LogP contribution < -0.4 is 20.3 Å². The monoisotopic (exact) mass is 621 g/mol. The summed E-state index contributed by atoms with van der Waals surface area (Å²) in [6, 6.07) is 17.8. The summed E-state index contributed by atoms with van der Waals surface area (Å²) in [5.41, 5.74) is -0.144. The van der Waals surface area contributed by atoms with Crippen LogP contribution in [0.4, 0.5) is 30.6 Å². The van der Waals surface area contributed by atoms with Crippen molar-refractivity contribution in [1.82, 2.24) is 9.97 Å². The Kier molecular flexibility index (Phi) is 7.63. The van der Waals surface area contributed by atoms with Crippen molar-refractivity contribution >= 4 is 62.2 Å². The van der Waals surface area contributed by atoms with Crippen LogP contribution in [0.25, 0.3) is 32.8 Å². The molecule has 5 aromatic rings. The first-order valence-corrected chi connectivity index (χ1v) is 14.3. The zero-order valence-electron chi connectivity index (χ0n) is 24.7. The van der Waals surface area contributed by atoms with Gasteiger partial charge in [-0.25, -0.2) is 9.78 Å². The number of amides is 1. The number of anilines is 3. The van der Waals surface area contributed by atoms with E-state index in [2.05, 4.69) is 20.6 Å². The Morgan fingerprint density at radius 3 is 2.33 bits per heavy atom. The van der Waals surface area contributed by atoms with Crippen LogP contribution in [0.5, 0.6) is 5.75 Å². The summed E-state index contributed by atoms with van der Waals surface area (Å²) in [7, 11) is 5.14. The van der Waals surface area contributed by atoms with Crippen molar-refractivity contribution in [2.24, 2.45) is 0 Å². The number of halogens is 3. The first-order valence-electron chi connectivity index (χ1n) is 14.3. The van der Waals surface area contributed by atoms with Gasteiger partial charge in [-0.3, -0.25) is 4.79 Å². The molecule has 3 aromatic carbocycles. The van der Waals surface area contributed by atoms with Crippen LogP contribution in [-0.4, -0.2) is 60.9 Å². The number of benzene rings is 3. The lowest BCUT2D eigenvalue weighted by Crippen LogP contribution is -2.52. The smallest absolute Gasteiger partial charge is 0.490 e. The molecule has 0 unspecified atom stereocenters. The van der Waals surface area contributed by atoms with Crippen molar-refractivity contribution in [2.75, 3.05) is 36.7 Å². The van der Waals surface area contributed by atoms with E-state index in [1.54, 1.807) is 12.1 Å². The van der Waals surface area contributed by atoms with Crippen molar-refractivity contribution in [2.45, 2.75) is 43.5 Å². The minimum atomic E-state index is -5.28. The zero-order chi connectivity index (χ0) is 31.9. The maximum atomic E-state index is 13.8. The maximum Gasteiger partial charge on any atom is 0.490 e. The highest BCUT2D eigenvalue weighted by molar-refractivity contribution is 6.08. The van der Waals surface area contributed by atoms with Crippen LogP contribution in [-0.2, 0) is 14.3 Å². The van der Waals surface area contributed by atoms with Gasteiger partial charge in [-0.1, -0.05) is 30.3 Å². The van der Waals surface area contributed by atoms with E-state index in [0.717, 1.165) is 21.7 Å². The van der Waals surface area contributed by atoms with Crippen LogP contribution in [0.2, 0.25) is 0 Å². The molecule has 2 N–H and O–H groups in total. The lowest BCUT2D eigenvalue weighted by atomic mass is 9.81. The molecule has 45 heavy (non-hydrogen) atoms. The summed E-state index contributed by atoms with van der Waals surface area (Å²) in [6.45, 7) is 0. The van der Waals surface area contributed by atoms with E-state index >= 15 is 0 Å². The quantitative estimate of drug-likeness (QED) is 0.198. The highest BCUT2D eigenvalue weighted by Crippen LogP contribution is 2.40. The number of furan rings is 1. The van der Waals surface area contributed by atoms with Crippen molar-refractivity contribution in [3.63, 3.8) is 0 Å². The van der Waals surface area contributed by atoms with Gasteiger partial charge in [0.1, 0.15) is 22.7 Å². The third-order valence-electron chi connectivity index (χ3n) is 8.01. The third-order valence-corrected chi connectivity index (χ3v) is 8.01. The largest absolute Gasteiger partial charge is 0.495 e. The minimum Gasteiger partial charge on any atom is -0.495 e. The number of carbonyl (C=O) groups excluding carboxylic acids is 2. The Hall–Kier alpha value is -5.07. The Bertz CT molecular complexity index is 1910. The molecule has 0 spiro atoms. The SMILES string of the molecule is COc1cc2c(cc1NC(=O)C1(OC(=O)C(F)(F)F)CCC(Nc3nc(N(C)C)c4ccccc4n3)CC1)oc1ccccc12. The number of nitrogens with one attached hydrogen (secondary N) is 2. The van der Waals surface area contributed by atoms with Crippen LogP contribution in [0, 0.1) is 0 Å². The summed E-state index contributed by atoms with van der Waals surface area (Å²) in [4.78, 5) is 36.9. The first kappa shape index (κ1) is 30.0. The number of nitrogens with zero attached hydrogens (tertiary/aromatic N) is 3. The number of rotatable bonds is 7. The van der Waals surface area contributed by atoms with E-state index in [4.69, 9.17) is 13.9 Å². The topological polar surface area (TPSA) is 119 Å². The highest BCUT2D eigenvalue weighted by atomic mass is 19.4. The fourth-order valence-electron chi connectivity index (χ4n) is 5.74. The van der Waals surface area contributed by atoms with Crippen LogP contribution >= 0.6 is 0 Å². The normalized spacial score (nSPS) is 18.6. The average Bonchev–Trinajstić information content (AvgIpc) is 3.38. The number of alkyl halides is 3. The summed E-state index contributed by atoms with van der Waals surface area (Å²) in [5.74, 6) is -2.03. The van der Waals surface area contributed by atoms with Crippen LogP contribution in [0.15, 0.2) is 65.1 Å². The molecule has 2 heterocycles. The molecule has 1 saturated carbocycles. The second-order valence-electron chi connectivity index (χ2n) is 11.2. The second kappa shape index (κ2) is 11.5. The van der Waals surface area contributed by atoms with Gasteiger partial charge in [0.2, 0.25) is 5.95 Å². The number of para-hydroxylation sites is 2. The molecule has 1 amide bonds. The molecule has 234 valence electrons. The van der Waals surface area contributed by atoms with Crippen LogP contribution in [0.3, 0.4) is 0 Å². The maximum absolute atomic E-state index is 13.8. The molecule has 0 saturated heterocycles. The number of ether oxygens (including phenoxy) is 2. The Balaban J connectivity index is 1.26. The Labute approximate surface area is 255 Å². The number of aromatic nitrogens is 2. The van der Waals surface area contributed by atoms with Gasteiger partial charge < -0.3 is 29.4 Å². The number of fused-ring (bicyclic) bond motifs is 4. The molecule has 1 aliphatic rings. The van der Waals surface area contributed by atoms with Crippen molar-refractivity contribution in [3.05, 3.63) is 60.7 Å². The Morgan fingerprint density at radius 1 is 0.956 bits per heavy atom. The number of methoxy groups -OCH3 is 1. The molecule has 0 radical (unpaired) electrons. The van der Waals surface area contributed by atoms with Gasteiger partial charge in [-0.05, 0) is 49.9 Å². The van der Waals surface area contributed by atoms with E-state index in [-0.39, 0.29) is 43.2 Å². The summed E-state index contributed by atoms with van der Waals surface area (Å²) in [5, 5.41) is 8.33. The molecule has 1 aliphatic carbocycles. The van der Waals surface area contributed by atoms with Gasteiger partial charge >= 0.3 is 12.1 Å². The van der Waals surface area contributed by atoms with Gasteiger partial charge in [-0.2, -0.15) is 18.2 Å². The number of esters is 1. The van der Waals surface area contributed by atoms with Gasteiger partial charge in [-0.15, -0.1) is 0 Å². The van der Waals surface area contributed by atoms with Gasteiger partial charge in [0.15, 0.2) is 5.60 Å². The molecule has 13 heteroatoms. The molecular weight excluding hydrogens is 591 g/mol. The fraction of sp³-hybridized carbons (Fsp3) is 0.312. The van der Waals surface area contributed by atoms with Crippen LogP contribution in [0.1, 0.15) is 25.7 Å². The lowest BCUT2D eigenvalue weighted by Gasteiger charge is -2.38. The van der Waals surface area contributed by atoms with Crippen molar-refractivity contribution in [3.8, 4) is 5.75 Å². The molecule has 6 rings (SSSR count). The van der Waals surface area contributed by atoms with E-state index in [1.807, 2.05) is 61.5 Å². The predicted octanol–water partition coefficient (Wildman–Crippen LogP) is 6.44. The highest BCUT2D eigenvalue weighted by Gasteiger charge is 2.51. The summed E-state index contributed by atoms with van der Waals surface area (Å²) in [6.07, 6.45) is -5.24. The molecule has 10 nitrogen and oxygen atoms in total. The predicted molar refractivity (Wildman–Crippen MR) is 164 cm³/mol. The fourth-order valence-corrected chi connectivity index (χ4v) is 5.74. The average molecular weight is 622 g/mol. The third kappa shape index (κ3) is 5.77. The molecular formula is C32H30F3N5O5. The van der Waals surface area contributed by atoms with Crippen molar-refractivity contribution in [1.29, 1.82) is 0 Å². The molecule has 2 aromatic heterocycles. The van der Waals surface area contributed by atoms with E-state index in [0.29, 0.717) is 22.9 Å². The van der Waals surface area contributed by atoms with Gasteiger partial charge in [0.05, 0.1) is 18.3 Å². The summed E-state index contributed by atoms with van der Waals surface area (Å²) >= 11 is 0. The van der Waals surface area contributed by atoms with E-state index in [9.17, 15) is 22.8 Å². The van der Waals surface area contributed by atoms with E-state index < -0.39 is 23.7 Å². The Morgan fingerprint density at radius 2 is 1.64 bits per heavy atom. The van der Waals surface area contributed by atoms with Gasteiger partial charge in [0.25, 0.3) is 5.91 Å². The molecule has 1 fully saturated rings. The number of hydrogen-bond donors (Lipinski definition) is 2. The minimum absolute atomic E-state index is 0.164. The molecule has 0 bridgehead atoms. The first-order chi connectivity index (χ1) is 21.5. The summed E-state index contributed by atoms with van der Waals surface area (Å²) < 4.78 is 56.5. The lowest BCUT2D eigenvalue weighted by molar-refractivity contribution is -0.216. The number of hydrogen-bond acceptors (Lipinski definition) is 9. The second-order valence-corrected chi connectivity index (χ2v) is 11.2. The standard InChI is InChI=1S/C32H30F3N5O5/c1-40(2)27-20-9-4-6-10-22(20)38-30(39-27)36-18-12-14-31(15-13-18,45-29(42)32(33,34)35)28(41)37-23-17-25-21(16-26(23)43-3)19-8-5-7-11-24(19)44-25/h4-11,16-18H,12-15H2,1-3H3,(H,37,41)(H,36,38,39). The molecule has 0 atom stereocenters. The van der Waals surface area contributed by atoms with E-state index in [1.165, 1.54) is 13.2 Å². The van der Waals surface area contributed by atoms with Crippen molar-refractivity contribution < 1.29 is 36.7 Å². The molecule has 0 aliphatic heterocycles. The zero-order valence-corrected chi connectivity index (χ0v) is 24.7. The van der Waals surface area contributed by atoms with Gasteiger partial charge in [0, 0.05) is 42.4 Å².